The number of hydrogen-bond donors (Lipinski definition) is 2. The van der Waals surface area contributed by atoms with Crippen LogP contribution in [0.3, 0.4) is 0 Å². The van der Waals surface area contributed by atoms with Crippen molar-refractivity contribution in [1.82, 2.24) is 19.7 Å². The minimum Gasteiger partial charge on any atom is -0.361 e. The zero-order valence-corrected chi connectivity index (χ0v) is 18.5. The van der Waals surface area contributed by atoms with Crippen molar-refractivity contribution < 1.29 is 0 Å². The Kier molecular flexibility index (Phi) is 6.69. The Morgan fingerprint density at radius 3 is 2.83 bits per heavy atom. The SMILES string of the molecule is NCCCCn1c(SCCc2c[nH]c3ccccc23)nnc1-c1cccc(Br)c1. The molecule has 2 heterocycles. The fraction of sp³-hybridized carbons (Fsp3) is 0.273. The highest BCUT2D eigenvalue weighted by molar-refractivity contribution is 9.10. The smallest absolute Gasteiger partial charge is 0.191 e. The maximum atomic E-state index is 5.70. The summed E-state index contributed by atoms with van der Waals surface area (Å²) in [4.78, 5) is 3.35. The van der Waals surface area contributed by atoms with Gasteiger partial charge in [-0.15, -0.1) is 10.2 Å². The van der Waals surface area contributed by atoms with E-state index in [0.29, 0.717) is 6.54 Å². The van der Waals surface area contributed by atoms with E-state index in [-0.39, 0.29) is 0 Å². The monoisotopic (exact) mass is 469 g/mol. The summed E-state index contributed by atoms with van der Waals surface area (Å²) in [7, 11) is 0. The van der Waals surface area contributed by atoms with Gasteiger partial charge in [-0.1, -0.05) is 58.0 Å². The Balaban J connectivity index is 1.51. The van der Waals surface area contributed by atoms with Gasteiger partial charge in [0.15, 0.2) is 11.0 Å². The molecule has 2 aromatic carbocycles. The van der Waals surface area contributed by atoms with E-state index in [9.17, 15) is 0 Å². The van der Waals surface area contributed by atoms with Crippen LogP contribution in [0.2, 0.25) is 0 Å². The van der Waals surface area contributed by atoms with Crippen LogP contribution in [0.25, 0.3) is 22.3 Å². The number of nitrogens with one attached hydrogen (secondary N) is 1. The summed E-state index contributed by atoms with van der Waals surface area (Å²) in [6.45, 7) is 1.58. The van der Waals surface area contributed by atoms with Gasteiger partial charge in [-0.2, -0.15) is 0 Å². The largest absolute Gasteiger partial charge is 0.361 e. The molecule has 4 rings (SSSR count). The number of aromatic amines is 1. The van der Waals surface area contributed by atoms with E-state index in [0.717, 1.165) is 52.6 Å². The summed E-state index contributed by atoms with van der Waals surface area (Å²) in [5.41, 5.74) is 9.30. The Morgan fingerprint density at radius 1 is 1.07 bits per heavy atom. The fourth-order valence-electron chi connectivity index (χ4n) is 3.44. The molecule has 0 bridgehead atoms. The number of para-hydroxylation sites is 1. The summed E-state index contributed by atoms with van der Waals surface area (Å²) in [5.74, 6) is 1.87. The van der Waals surface area contributed by atoms with Gasteiger partial charge in [0.2, 0.25) is 0 Å². The fourth-order valence-corrected chi connectivity index (χ4v) is 4.78. The number of nitrogens with two attached hydrogens (primary N) is 1. The van der Waals surface area contributed by atoms with Crippen molar-refractivity contribution in [3.8, 4) is 11.4 Å². The van der Waals surface area contributed by atoms with E-state index in [1.807, 2.05) is 12.1 Å². The van der Waals surface area contributed by atoms with Crippen LogP contribution in [0.4, 0.5) is 0 Å². The predicted octanol–water partition coefficient (Wildman–Crippen LogP) is 5.26. The molecule has 0 saturated heterocycles. The Labute approximate surface area is 183 Å². The first-order valence-electron chi connectivity index (χ1n) is 9.83. The Bertz CT molecular complexity index is 1090. The molecule has 3 N–H and O–H groups in total. The van der Waals surface area contributed by atoms with Crippen LogP contribution in [0.1, 0.15) is 18.4 Å². The molecule has 150 valence electrons. The highest BCUT2D eigenvalue weighted by Crippen LogP contribution is 2.27. The molecule has 0 fully saturated rings. The Morgan fingerprint density at radius 2 is 1.97 bits per heavy atom. The van der Waals surface area contributed by atoms with Gasteiger partial charge in [-0.05, 0) is 49.6 Å². The van der Waals surface area contributed by atoms with Crippen molar-refractivity contribution in [2.24, 2.45) is 5.73 Å². The standard InChI is InChI=1S/C22H24BrN5S/c23-18-7-5-6-16(14-18)21-26-27-22(28(21)12-4-3-11-24)29-13-10-17-15-25-20-9-2-1-8-19(17)20/h1-2,5-9,14-15,25H,3-4,10-13,24H2. The van der Waals surface area contributed by atoms with Crippen LogP contribution in [0.15, 0.2) is 64.4 Å². The van der Waals surface area contributed by atoms with Crippen LogP contribution < -0.4 is 5.73 Å². The number of H-pyrrole nitrogens is 1. The van der Waals surface area contributed by atoms with E-state index >= 15 is 0 Å². The first kappa shape index (κ1) is 20.2. The molecular formula is C22H24BrN5S. The molecule has 0 aliphatic carbocycles. The summed E-state index contributed by atoms with van der Waals surface area (Å²) in [6, 6.07) is 16.7. The topological polar surface area (TPSA) is 72.5 Å². The van der Waals surface area contributed by atoms with Gasteiger partial charge < -0.3 is 15.3 Å². The molecule has 0 saturated carbocycles. The lowest BCUT2D eigenvalue weighted by Gasteiger charge is -2.10. The average Bonchev–Trinajstić information content (AvgIpc) is 3.33. The quantitative estimate of drug-likeness (QED) is 0.259. The number of unbranched alkanes of at least 4 members (excludes halogenated alkanes) is 1. The molecule has 0 unspecified atom stereocenters. The summed E-state index contributed by atoms with van der Waals surface area (Å²) < 4.78 is 3.28. The zero-order chi connectivity index (χ0) is 20.1. The highest BCUT2D eigenvalue weighted by atomic mass is 79.9. The average molecular weight is 470 g/mol. The molecule has 5 nitrogen and oxygen atoms in total. The summed E-state index contributed by atoms with van der Waals surface area (Å²) in [5, 5.41) is 11.3. The van der Waals surface area contributed by atoms with E-state index < -0.39 is 0 Å². The molecule has 0 amide bonds. The first-order valence-corrected chi connectivity index (χ1v) is 11.6. The van der Waals surface area contributed by atoms with Crippen LogP contribution in [0.5, 0.6) is 0 Å². The Hall–Kier alpha value is -2.09. The number of halogens is 1. The second kappa shape index (κ2) is 9.61. The molecule has 2 aromatic heterocycles. The lowest BCUT2D eigenvalue weighted by molar-refractivity contribution is 0.580. The molecule has 0 aliphatic rings. The molecule has 0 spiro atoms. The minimum absolute atomic E-state index is 0.706. The van der Waals surface area contributed by atoms with Gasteiger partial charge in [0, 0.05) is 39.4 Å². The third-order valence-corrected chi connectivity index (χ3v) is 6.37. The van der Waals surface area contributed by atoms with Crippen molar-refractivity contribution in [2.75, 3.05) is 12.3 Å². The van der Waals surface area contributed by atoms with Gasteiger partial charge in [0.25, 0.3) is 0 Å². The maximum Gasteiger partial charge on any atom is 0.191 e. The number of fused-ring (bicyclic) bond motifs is 1. The van der Waals surface area contributed by atoms with E-state index in [1.54, 1.807) is 11.8 Å². The number of nitrogens with zero attached hydrogens (tertiary/aromatic N) is 3. The van der Waals surface area contributed by atoms with E-state index in [4.69, 9.17) is 5.73 Å². The van der Waals surface area contributed by atoms with Gasteiger partial charge in [0.1, 0.15) is 0 Å². The van der Waals surface area contributed by atoms with Crippen molar-refractivity contribution >= 4 is 38.6 Å². The number of aryl methyl sites for hydroxylation is 1. The normalized spacial score (nSPS) is 11.4. The first-order chi connectivity index (χ1) is 14.3. The predicted molar refractivity (Wildman–Crippen MR) is 124 cm³/mol. The second-order valence-electron chi connectivity index (χ2n) is 6.92. The van der Waals surface area contributed by atoms with Crippen molar-refractivity contribution in [3.05, 3.63) is 64.8 Å². The lowest BCUT2D eigenvalue weighted by atomic mass is 10.1. The molecule has 0 radical (unpaired) electrons. The zero-order valence-electron chi connectivity index (χ0n) is 16.1. The molecule has 0 aliphatic heterocycles. The van der Waals surface area contributed by atoms with Crippen molar-refractivity contribution in [3.63, 3.8) is 0 Å². The number of aromatic nitrogens is 4. The third kappa shape index (κ3) is 4.74. The van der Waals surface area contributed by atoms with Gasteiger partial charge in [-0.3, -0.25) is 0 Å². The molecule has 4 aromatic rings. The van der Waals surface area contributed by atoms with Crippen LogP contribution in [-0.2, 0) is 13.0 Å². The van der Waals surface area contributed by atoms with Gasteiger partial charge in [0.05, 0.1) is 0 Å². The summed E-state index contributed by atoms with van der Waals surface area (Å²) in [6.07, 6.45) is 5.11. The summed E-state index contributed by atoms with van der Waals surface area (Å²) >= 11 is 5.32. The van der Waals surface area contributed by atoms with Gasteiger partial charge >= 0.3 is 0 Å². The number of benzene rings is 2. The third-order valence-electron chi connectivity index (χ3n) is 4.91. The second-order valence-corrected chi connectivity index (χ2v) is 8.90. The minimum atomic E-state index is 0.706. The van der Waals surface area contributed by atoms with Crippen LogP contribution in [0, 0.1) is 0 Å². The van der Waals surface area contributed by atoms with Crippen molar-refractivity contribution in [2.45, 2.75) is 31.0 Å². The molecular weight excluding hydrogens is 446 g/mol. The lowest BCUT2D eigenvalue weighted by Crippen LogP contribution is -2.06. The number of thioether (sulfide) groups is 1. The van der Waals surface area contributed by atoms with Crippen molar-refractivity contribution in [1.29, 1.82) is 0 Å². The number of rotatable bonds is 9. The van der Waals surface area contributed by atoms with E-state index in [1.165, 1.54) is 16.5 Å². The molecule has 29 heavy (non-hydrogen) atoms. The van der Waals surface area contributed by atoms with Gasteiger partial charge in [-0.25, -0.2) is 0 Å². The molecule has 0 atom stereocenters. The van der Waals surface area contributed by atoms with Crippen LogP contribution in [-0.4, -0.2) is 32.0 Å². The maximum absolute atomic E-state index is 5.70. The van der Waals surface area contributed by atoms with E-state index in [2.05, 4.69) is 78.3 Å². The highest BCUT2D eigenvalue weighted by Gasteiger charge is 2.15. The number of hydrogen-bond acceptors (Lipinski definition) is 4. The molecule has 7 heteroatoms. The van der Waals surface area contributed by atoms with Crippen LogP contribution >= 0.6 is 27.7 Å².